The predicted molar refractivity (Wildman–Crippen MR) is 101 cm³/mol. The molecule has 1 N–H and O–H groups in total. The number of hydrogen-bond acceptors (Lipinski definition) is 5. The first-order valence-corrected chi connectivity index (χ1v) is 9.05. The number of aryl methyl sites for hydroxylation is 2. The van der Waals surface area contributed by atoms with Gasteiger partial charge in [-0.3, -0.25) is 9.48 Å². The Morgan fingerprint density at radius 3 is 2.68 bits per heavy atom. The third-order valence-electron chi connectivity index (χ3n) is 4.15. The zero-order chi connectivity index (χ0) is 19.8. The van der Waals surface area contributed by atoms with Gasteiger partial charge in [-0.25, -0.2) is 13.8 Å². The molecule has 6 nitrogen and oxygen atoms in total. The minimum absolute atomic E-state index is 0.0448. The molecule has 28 heavy (non-hydrogen) atoms. The van der Waals surface area contributed by atoms with Gasteiger partial charge < -0.3 is 9.73 Å². The molecule has 4 aromatic rings. The molecular formula is C19H14F2N4O2S. The number of rotatable bonds is 4. The minimum atomic E-state index is -0.853. The molecule has 9 heteroatoms. The van der Waals surface area contributed by atoms with Crippen LogP contribution in [0.5, 0.6) is 0 Å². The van der Waals surface area contributed by atoms with Crippen LogP contribution in [0.25, 0.3) is 22.0 Å². The van der Waals surface area contributed by atoms with Crippen LogP contribution in [0.2, 0.25) is 0 Å². The van der Waals surface area contributed by atoms with Gasteiger partial charge in [0.1, 0.15) is 23.6 Å². The molecule has 3 heterocycles. The summed E-state index contributed by atoms with van der Waals surface area (Å²) in [6, 6.07) is 6.84. The molecule has 0 radical (unpaired) electrons. The number of para-hydroxylation sites is 1. The number of halogens is 2. The molecule has 3 aromatic heterocycles. The quantitative estimate of drug-likeness (QED) is 0.542. The summed E-state index contributed by atoms with van der Waals surface area (Å²) in [7, 11) is 1.69. The van der Waals surface area contributed by atoms with Crippen LogP contribution in [0.1, 0.15) is 15.4 Å². The first-order chi connectivity index (χ1) is 13.4. The topological polar surface area (TPSA) is 73.0 Å². The van der Waals surface area contributed by atoms with E-state index in [1.165, 1.54) is 23.7 Å². The highest BCUT2D eigenvalue weighted by atomic mass is 32.1. The Morgan fingerprint density at radius 2 is 2.00 bits per heavy atom. The molecule has 0 spiro atoms. The number of oxazole rings is 1. The zero-order valence-electron chi connectivity index (χ0n) is 14.9. The molecular weight excluding hydrogens is 386 g/mol. The number of hydrogen-bond donors (Lipinski definition) is 1. The van der Waals surface area contributed by atoms with E-state index in [0.717, 1.165) is 27.5 Å². The van der Waals surface area contributed by atoms with Crippen molar-refractivity contribution in [3.63, 3.8) is 0 Å². The maximum atomic E-state index is 13.8. The van der Waals surface area contributed by atoms with E-state index < -0.39 is 23.2 Å². The first kappa shape index (κ1) is 18.1. The van der Waals surface area contributed by atoms with E-state index in [1.54, 1.807) is 24.0 Å². The van der Waals surface area contributed by atoms with E-state index in [2.05, 4.69) is 15.4 Å². The maximum Gasteiger partial charge on any atom is 0.276 e. The SMILES string of the molecule is Cc1sc(-c2ncco2)cc1-c1cc(C(=O)Nc2c(F)cccc2F)nn1C. The van der Waals surface area contributed by atoms with Gasteiger partial charge in [-0.05, 0) is 31.2 Å². The lowest BCUT2D eigenvalue weighted by atomic mass is 10.1. The van der Waals surface area contributed by atoms with E-state index in [-0.39, 0.29) is 5.69 Å². The highest BCUT2D eigenvalue weighted by Gasteiger charge is 2.20. The fraction of sp³-hybridized carbons (Fsp3) is 0.105. The van der Waals surface area contributed by atoms with Crippen LogP contribution in [-0.4, -0.2) is 20.7 Å². The molecule has 4 rings (SSSR count). The number of nitrogens with one attached hydrogen (secondary N) is 1. The van der Waals surface area contributed by atoms with Crippen LogP contribution in [0.15, 0.2) is 47.2 Å². The summed E-state index contributed by atoms with van der Waals surface area (Å²) in [5, 5.41) is 6.42. The Kier molecular flexibility index (Phi) is 4.52. The molecule has 0 fully saturated rings. The molecule has 0 aliphatic heterocycles. The van der Waals surface area contributed by atoms with E-state index in [0.29, 0.717) is 11.6 Å². The van der Waals surface area contributed by atoms with Gasteiger partial charge in [-0.2, -0.15) is 5.10 Å². The largest absolute Gasteiger partial charge is 0.444 e. The molecule has 0 aliphatic rings. The van der Waals surface area contributed by atoms with Gasteiger partial charge in [0, 0.05) is 17.5 Å². The fourth-order valence-electron chi connectivity index (χ4n) is 2.81. The van der Waals surface area contributed by atoms with Crippen LogP contribution in [0.3, 0.4) is 0 Å². The second-order valence-corrected chi connectivity index (χ2v) is 7.26. The third kappa shape index (κ3) is 3.20. The van der Waals surface area contributed by atoms with Crippen molar-refractivity contribution in [2.24, 2.45) is 7.05 Å². The molecule has 0 saturated carbocycles. The number of benzene rings is 1. The van der Waals surface area contributed by atoms with Crippen molar-refractivity contribution in [3.05, 3.63) is 65.0 Å². The van der Waals surface area contributed by atoms with Crippen LogP contribution < -0.4 is 5.32 Å². The number of carbonyl (C=O) groups is 1. The van der Waals surface area contributed by atoms with E-state index >= 15 is 0 Å². The summed E-state index contributed by atoms with van der Waals surface area (Å²) in [5.41, 5.74) is 1.09. The van der Waals surface area contributed by atoms with Gasteiger partial charge in [-0.15, -0.1) is 11.3 Å². The summed E-state index contributed by atoms with van der Waals surface area (Å²) in [4.78, 5) is 18.4. The van der Waals surface area contributed by atoms with Gasteiger partial charge in [0.25, 0.3) is 5.91 Å². The summed E-state index contributed by atoms with van der Waals surface area (Å²) in [6.07, 6.45) is 3.07. The van der Waals surface area contributed by atoms with E-state index in [4.69, 9.17) is 4.42 Å². The Balaban J connectivity index is 1.65. The summed E-state index contributed by atoms with van der Waals surface area (Å²) in [5.74, 6) is -1.90. The van der Waals surface area contributed by atoms with Gasteiger partial charge in [0.2, 0.25) is 5.89 Å². The van der Waals surface area contributed by atoms with Crippen molar-refractivity contribution in [1.82, 2.24) is 14.8 Å². The van der Waals surface area contributed by atoms with Crippen LogP contribution >= 0.6 is 11.3 Å². The molecule has 0 unspecified atom stereocenters. The number of amides is 1. The fourth-order valence-corrected chi connectivity index (χ4v) is 3.78. The number of thiophene rings is 1. The molecule has 0 bridgehead atoms. The summed E-state index contributed by atoms with van der Waals surface area (Å²) < 4.78 is 34.4. The molecule has 0 saturated heterocycles. The van der Waals surface area contributed by atoms with E-state index in [9.17, 15) is 13.6 Å². The van der Waals surface area contributed by atoms with Gasteiger partial charge in [0.15, 0.2) is 5.69 Å². The molecule has 142 valence electrons. The molecule has 0 aliphatic carbocycles. The van der Waals surface area contributed by atoms with Crippen LogP contribution in [0.4, 0.5) is 14.5 Å². The number of carbonyl (C=O) groups excluding carboxylic acids is 1. The van der Waals surface area contributed by atoms with Crippen molar-refractivity contribution >= 4 is 22.9 Å². The Morgan fingerprint density at radius 1 is 1.25 bits per heavy atom. The van der Waals surface area contributed by atoms with E-state index in [1.807, 2.05) is 13.0 Å². The number of aromatic nitrogens is 3. The third-order valence-corrected chi connectivity index (χ3v) is 5.19. The average Bonchev–Trinajstić information content (AvgIpc) is 3.38. The summed E-state index contributed by atoms with van der Waals surface area (Å²) in [6.45, 7) is 1.94. The van der Waals surface area contributed by atoms with Gasteiger partial charge in [-0.1, -0.05) is 6.07 Å². The predicted octanol–water partition coefficient (Wildman–Crippen LogP) is 4.64. The normalized spacial score (nSPS) is 11.0. The van der Waals surface area contributed by atoms with Crippen molar-refractivity contribution in [3.8, 4) is 22.0 Å². The monoisotopic (exact) mass is 400 g/mol. The van der Waals surface area contributed by atoms with Crippen LogP contribution in [0, 0.1) is 18.6 Å². The number of nitrogens with zero attached hydrogens (tertiary/aromatic N) is 3. The van der Waals surface area contributed by atoms with Gasteiger partial charge in [0.05, 0.1) is 16.8 Å². The van der Waals surface area contributed by atoms with Crippen LogP contribution in [-0.2, 0) is 7.05 Å². The lowest BCUT2D eigenvalue weighted by Gasteiger charge is -2.05. The standard InChI is InChI=1S/C19H14F2N4O2S/c1-10-11(8-16(28-10)19-22-6-7-27-19)15-9-14(24-25(15)2)18(26)23-17-12(20)4-3-5-13(17)21/h3-9H,1-2H3,(H,23,26). The second-order valence-electron chi connectivity index (χ2n) is 6.01. The molecule has 1 amide bonds. The zero-order valence-corrected chi connectivity index (χ0v) is 15.7. The van der Waals surface area contributed by atoms with Crippen molar-refractivity contribution in [2.75, 3.05) is 5.32 Å². The summed E-state index contributed by atoms with van der Waals surface area (Å²) >= 11 is 1.50. The highest BCUT2D eigenvalue weighted by molar-refractivity contribution is 7.15. The number of anilines is 1. The molecule has 1 aromatic carbocycles. The Hall–Kier alpha value is -3.33. The maximum absolute atomic E-state index is 13.8. The lowest BCUT2D eigenvalue weighted by molar-refractivity contribution is 0.102. The first-order valence-electron chi connectivity index (χ1n) is 8.24. The Bertz CT molecular complexity index is 1140. The smallest absolute Gasteiger partial charge is 0.276 e. The second kappa shape index (κ2) is 7.01. The van der Waals surface area contributed by atoms with Crippen molar-refractivity contribution in [1.29, 1.82) is 0 Å². The van der Waals surface area contributed by atoms with Gasteiger partial charge >= 0.3 is 0 Å². The highest BCUT2D eigenvalue weighted by Crippen LogP contribution is 2.36. The Labute approximate surface area is 162 Å². The minimum Gasteiger partial charge on any atom is -0.444 e. The molecule has 0 atom stereocenters. The van der Waals surface area contributed by atoms with Crippen molar-refractivity contribution in [2.45, 2.75) is 6.92 Å². The van der Waals surface area contributed by atoms with Crippen molar-refractivity contribution < 1.29 is 18.0 Å². The lowest BCUT2D eigenvalue weighted by Crippen LogP contribution is -2.15. The average molecular weight is 400 g/mol.